The molecule has 3 fully saturated rings. The first-order chi connectivity index (χ1) is 13.0. The lowest BCUT2D eigenvalue weighted by Gasteiger charge is -2.35. The second-order valence-corrected chi connectivity index (χ2v) is 7.94. The maximum atomic E-state index is 13.0. The van der Waals surface area contributed by atoms with E-state index in [0.717, 1.165) is 44.3 Å². The summed E-state index contributed by atoms with van der Waals surface area (Å²) in [6.45, 7) is 2.17. The molecule has 1 aromatic rings. The van der Waals surface area contributed by atoms with E-state index in [1.54, 1.807) is 17.0 Å². The molecule has 8 nitrogen and oxygen atoms in total. The fourth-order valence-corrected chi connectivity index (χ4v) is 4.40. The number of carbonyl (C=O) groups excluding carboxylic acids is 3. The molecule has 27 heavy (non-hydrogen) atoms. The predicted molar refractivity (Wildman–Crippen MR) is 97.4 cm³/mol. The van der Waals surface area contributed by atoms with Crippen LogP contribution in [0.5, 0.6) is 0 Å². The molecule has 2 N–H and O–H groups in total. The highest BCUT2D eigenvalue weighted by molar-refractivity contribution is 5.90. The van der Waals surface area contributed by atoms with Gasteiger partial charge in [-0.25, -0.2) is 4.98 Å². The van der Waals surface area contributed by atoms with Gasteiger partial charge in [0.2, 0.25) is 17.7 Å². The first-order valence-corrected chi connectivity index (χ1v) is 9.93. The van der Waals surface area contributed by atoms with Gasteiger partial charge in [-0.3, -0.25) is 14.4 Å². The topological polar surface area (TPSA) is 102 Å². The number of imidazole rings is 1. The van der Waals surface area contributed by atoms with E-state index in [1.165, 1.54) is 0 Å². The smallest absolute Gasteiger partial charge is 0.245 e. The summed E-state index contributed by atoms with van der Waals surface area (Å²) in [7, 11) is 0. The van der Waals surface area contributed by atoms with Crippen LogP contribution in [0.2, 0.25) is 0 Å². The van der Waals surface area contributed by atoms with Crippen LogP contribution in [0.1, 0.15) is 50.3 Å². The molecule has 0 radical (unpaired) electrons. The quantitative estimate of drug-likeness (QED) is 0.811. The van der Waals surface area contributed by atoms with Crippen molar-refractivity contribution in [3.8, 4) is 0 Å². The minimum absolute atomic E-state index is 0.0976. The Morgan fingerprint density at radius 2 is 1.78 bits per heavy atom. The molecule has 0 spiro atoms. The van der Waals surface area contributed by atoms with E-state index >= 15 is 0 Å². The number of primary amides is 1. The largest absolute Gasteiger partial charge is 0.368 e. The zero-order chi connectivity index (χ0) is 19.0. The second kappa shape index (κ2) is 7.32. The fourth-order valence-electron chi connectivity index (χ4n) is 4.40. The van der Waals surface area contributed by atoms with Crippen molar-refractivity contribution < 1.29 is 14.4 Å². The molecule has 3 amide bonds. The molecule has 3 aliphatic rings. The van der Waals surface area contributed by atoms with Crippen LogP contribution < -0.4 is 5.73 Å². The van der Waals surface area contributed by atoms with Gasteiger partial charge in [-0.2, -0.15) is 0 Å². The van der Waals surface area contributed by atoms with Crippen LogP contribution >= 0.6 is 0 Å². The summed E-state index contributed by atoms with van der Waals surface area (Å²) in [5.74, 6) is 1.13. The predicted octanol–water partition coefficient (Wildman–Crippen LogP) is 0.475. The SMILES string of the molecule is NC(=O)Cn1ccnc1C1CCN(C(=O)[C@@H]2CCCN2C(=O)C2CC2)CC1. The van der Waals surface area contributed by atoms with Crippen LogP contribution in [0.15, 0.2) is 12.4 Å². The lowest BCUT2D eigenvalue weighted by atomic mass is 9.95. The van der Waals surface area contributed by atoms with Gasteiger partial charge >= 0.3 is 0 Å². The number of carbonyl (C=O) groups is 3. The minimum Gasteiger partial charge on any atom is -0.368 e. The van der Waals surface area contributed by atoms with Crippen molar-refractivity contribution >= 4 is 17.7 Å². The van der Waals surface area contributed by atoms with Crippen molar-refractivity contribution in [3.05, 3.63) is 18.2 Å². The maximum Gasteiger partial charge on any atom is 0.245 e. The fraction of sp³-hybridized carbons (Fsp3) is 0.684. The Morgan fingerprint density at radius 3 is 2.44 bits per heavy atom. The third-order valence-corrected chi connectivity index (χ3v) is 5.99. The number of nitrogens with zero attached hydrogens (tertiary/aromatic N) is 4. The molecule has 1 atom stereocenters. The Balaban J connectivity index is 1.36. The number of hydrogen-bond donors (Lipinski definition) is 1. The van der Waals surface area contributed by atoms with E-state index in [0.29, 0.717) is 19.6 Å². The molecule has 4 rings (SSSR count). The molecule has 3 heterocycles. The molecule has 1 aliphatic carbocycles. The standard InChI is InChI=1S/C19H27N5O3/c20-16(25)12-23-11-7-21-17(23)13-5-9-22(10-6-13)19(27)15-2-1-8-24(15)18(26)14-3-4-14/h7,11,13-15H,1-6,8-10,12H2,(H2,20,25)/t15-/m0/s1. The second-order valence-electron chi connectivity index (χ2n) is 7.94. The van der Waals surface area contributed by atoms with Crippen LogP contribution in [0.4, 0.5) is 0 Å². The van der Waals surface area contributed by atoms with Crippen LogP contribution in [-0.4, -0.2) is 62.7 Å². The van der Waals surface area contributed by atoms with Gasteiger partial charge in [0, 0.05) is 43.9 Å². The molecule has 0 bridgehead atoms. The van der Waals surface area contributed by atoms with Crippen molar-refractivity contribution in [3.63, 3.8) is 0 Å². The molecular weight excluding hydrogens is 346 g/mol. The van der Waals surface area contributed by atoms with Gasteiger partial charge in [0.05, 0.1) is 0 Å². The van der Waals surface area contributed by atoms with E-state index in [2.05, 4.69) is 4.98 Å². The zero-order valence-corrected chi connectivity index (χ0v) is 15.5. The number of hydrogen-bond acceptors (Lipinski definition) is 4. The summed E-state index contributed by atoms with van der Waals surface area (Å²) < 4.78 is 1.80. The first kappa shape index (κ1) is 18.0. The highest BCUT2D eigenvalue weighted by Gasteiger charge is 2.42. The first-order valence-electron chi connectivity index (χ1n) is 9.93. The van der Waals surface area contributed by atoms with Gasteiger partial charge < -0.3 is 20.1 Å². The lowest BCUT2D eigenvalue weighted by molar-refractivity contribution is -0.145. The van der Waals surface area contributed by atoms with Crippen molar-refractivity contribution in [2.24, 2.45) is 11.7 Å². The molecule has 0 unspecified atom stereocenters. The molecule has 0 aromatic carbocycles. The molecule has 1 aromatic heterocycles. The highest BCUT2D eigenvalue weighted by atomic mass is 16.2. The lowest BCUT2D eigenvalue weighted by Crippen LogP contribution is -2.50. The van der Waals surface area contributed by atoms with Crippen LogP contribution in [-0.2, 0) is 20.9 Å². The van der Waals surface area contributed by atoms with Gasteiger partial charge in [0.25, 0.3) is 0 Å². The van der Waals surface area contributed by atoms with E-state index in [9.17, 15) is 14.4 Å². The number of nitrogens with two attached hydrogens (primary N) is 1. The Morgan fingerprint density at radius 1 is 1.04 bits per heavy atom. The summed E-state index contributed by atoms with van der Waals surface area (Å²) in [4.78, 5) is 44.8. The van der Waals surface area contributed by atoms with Gasteiger partial charge in [-0.1, -0.05) is 0 Å². The van der Waals surface area contributed by atoms with Crippen LogP contribution in [0, 0.1) is 5.92 Å². The summed E-state index contributed by atoms with van der Waals surface area (Å²) in [5, 5.41) is 0. The summed E-state index contributed by atoms with van der Waals surface area (Å²) in [6.07, 6.45) is 8.72. The number of aromatic nitrogens is 2. The summed E-state index contributed by atoms with van der Waals surface area (Å²) >= 11 is 0. The molecule has 2 aliphatic heterocycles. The van der Waals surface area contributed by atoms with Crippen molar-refractivity contribution in [1.29, 1.82) is 0 Å². The average Bonchev–Trinajstić information content (AvgIpc) is 3.22. The third-order valence-electron chi connectivity index (χ3n) is 5.99. The Hall–Kier alpha value is -2.38. The minimum atomic E-state index is -0.386. The van der Waals surface area contributed by atoms with Gasteiger partial charge in [0.15, 0.2) is 0 Å². The number of piperidine rings is 1. The van der Waals surface area contributed by atoms with E-state index < -0.39 is 0 Å². The van der Waals surface area contributed by atoms with Gasteiger partial charge in [-0.05, 0) is 38.5 Å². The monoisotopic (exact) mass is 373 g/mol. The molecule has 1 saturated carbocycles. The average molecular weight is 373 g/mol. The molecular formula is C19H27N5O3. The molecule has 8 heteroatoms. The number of rotatable bonds is 5. The maximum absolute atomic E-state index is 13.0. The van der Waals surface area contributed by atoms with Crippen molar-refractivity contribution in [2.75, 3.05) is 19.6 Å². The summed E-state index contributed by atoms with van der Waals surface area (Å²) in [6, 6.07) is -0.272. The van der Waals surface area contributed by atoms with Gasteiger partial charge in [0.1, 0.15) is 18.4 Å². The van der Waals surface area contributed by atoms with Crippen LogP contribution in [0.3, 0.4) is 0 Å². The Kier molecular flexibility index (Phi) is 4.88. The molecule has 146 valence electrons. The van der Waals surface area contributed by atoms with Crippen LogP contribution in [0.25, 0.3) is 0 Å². The number of likely N-dealkylation sites (tertiary alicyclic amines) is 2. The van der Waals surface area contributed by atoms with E-state index in [4.69, 9.17) is 5.73 Å². The van der Waals surface area contributed by atoms with Gasteiger partial charge in [-0.15, -0.1) is 0 Å². The Labute approximate surface area is 158 Å². The van der Waals surface area contributed by atoms with E-state index in [1.807, 2.05) is 9.80 Å². The zero-order valence-electron chi connectivity index (χ0n) is 15.5. The highest BCUT2D eigenvalue weighted by Crippen LogP contribution is 2.34. The summed E-state index contributed by atoms with van der Waals surface area (Å²) in [5.41, 5.74) is 5.30. The number of amides is 3. The molecule has 2 saturated heterocycles. The van der Waals surface area contributed by atoms with E-state index in [-0.39, 0.29) is 42.1 Å². The van der Waals surface area contributed by atoms with Crippen molar-refractivity contribution in [1.82, 2.24) is 19.4 Å². The normalized spacial score (nSPS) is 23.6. The van der Waals surface area contributed by atoms with Crippen molar-refractivity contribution in [2.45, 2.75) is 57.0 Å². The Bertz CT molecular complexity index is 733. The third kappa shape index (κ3) is 3.70.